The van der Waals surface area contributed by atoms with Gasteiger partial charge < -0.3 is 19.5 Å². The van der Waals surface area contributed by atoms with E-state index in [-0.39, 0.29) is 19.0 Å². The van der Waals surface area contributed by atoms with Crippen LogP contribution in [0.1, 0.15) is 23.7 Å². The molecule has 0 saturated carbocycles. The van der Waals surface area contributed by atoms with Gasteiger partial charge in [-0.05, 0) is 37.6 Å². The second kappa shape index (κ2) is 11.5. The molecule has 1 unspecified atom stereocenters. The third-order valence-electron chi connectivity index (χ3n) is 4.67. The van der Waals surface area contributed by atoms with E-state index in [2.05, 4.69) is 14.5 Å². The summed E-state index contributed by atoms with van der Waals surface area (Å²) in [6, 6.07) is 6.80. The van der Waals surface area contributed by atoms with Gasteiger partial charge in [0, 0.05) is 51.4 Å². The molecule has 1 aromatic carbocycles. The van der Waals surface area contributed by atoms with E-state index in [0.717, 1.165) is 26.2 Å². The number of ketones is 1. The molecule has 0 radical (unpaired) electrons. The lowest BCUT2D eigenvalue weighted by atomic mass is 10.1. The molecule has 2 rings (SSSR count). The summed E-state index contributed by atoms with van der Waals surface area (Å²) in [5, 5.41) is 10.2. The number of carbonyl (C=O) groups excluding carboxylic acids is 1. The van der Waals surface area contributed by atoms with Gasteiger partial charge in [0.05, 0.1) is 0 Å². The first-order chi connectivity index (χ1) is 13.7. The minimum Gasteiger partial charge on any atom is -0.491 e. The number of Topliss-reactive ketones (excluding diaryl/α,β-unsaturated/α-hetero) is 1. The molecule has 0 aromatic heterocycles. The molecule has 1 aromatic rings. The highest BCUT2D eigenvalue weighted by Gasteiger charge is 2.27. The van der Waals surface area contributed by atoms with E-state index in [4.69, 9.17) is 4.74 Å². The van der Waals surface area contributed by atoms with Crippen molar-refractivity contribution in [2.75, 3.05) is 59.1 Å². The van der Waals surface area contributed by atoms with Crippen LogP contribution in [0.4, 0.5) is 13.2 Å². The second-order valence-electron chi connectivity index (χ2n) is 7.21. The van der Waals surface area contributed by atoms with Gasteiger partial charge in [0.15, 0.2) is 5.78 Å². The zero-order chi connectivity index (χ0) is 21.3. The Bertz CT molecular complexity index is 617. The van der Waals surface area contributed by atoms with Crippen molar-refractivity contribution in [2.24, 2.45) is 0 Å². The Kier molecular flexibility index (Phi) is 9.35. The van der Waals surface area contributed by atoms with Crippen LogP contribution in [0.2, 0.25) is 0 Å². The largest absolute Gasteiger partial charge is 0.491 e. The molecule has 1 N–H and O–H groups in total. The van der Waals surface area contributed by atoms with Gasteiger partial charge in [-0.25, -0.2) is 0 Å². The van der Waals surface area contributed by atoms with Crippen molar-refractivity contribution in [3.8, 4) is 5.75 Å². The fraction of sp³-hybridized carbons (Fsp3) is 0.650. The Morgan fingerprint density at radius 2 is 1.76 bits per heavy atom. The number of aliphatic hydroxyl groups excluding tert-OH is 1. The lowest BCUT2D eigenvalue weighted by Gasteiger charge is -2.35. The molecule has 0 aliphatic carbocycles. The molecule has 6 nitrogen and oxygen atoms in total. The highest BCUT2D eigenvalue weighted by Crippen LogP contribution is 2.15. The summed E-state index contributed by atoms with van der Waals surface area (Å²) in [7, 11) is 0. The molecule has 9 heteroatoms. The fourth-order valence-electron chi connectivity index (χ4n) is 3.10. The number of ether oxygens (including phenoxy) is 2. The maximum Gasteiger partial charge on any atom is 0.411 e. The molecule has 0 bridgehead atoms. The van der Waals surface area contributed by atoms with Crippen molar-refractivity contribution in [3.63, 3.8) is 0 Å². The summed E-state index contributed by atoms with van der Waals surface area (Å²) < 4.78 is 46.2. The summed E-state index contributed by atoms with van der Waals surface area (Å²) >= 11 is 0. The zero-order valence-electron chi connectivity index (χ0n) is 16.7. The average Bonchev–Trinajstić information content (AvgIpc) is 2.67. The van der Waals surface area contributed by atoms with Crippen LogP contribution in [0.25, 0.3) is 0 Å². The number of nitrogens with zero attached hydrogens (tertiary/aromatic N) is 2. The van der Waals surface area contributed by atoms with Crippen molar-refractivity contribution in [1.82, 2.24) is 9.80 Å². The van der Waals surface area contributed by atoms with E-state index in [1.165, 1.54) is 6.92 Å². The van der Waals surface area contributed by atoms with Crippen LogP contribution >= 0.6 is 0 Å². The van der Waals surface area contributed by atoms with E-state index >= 15 is 0 Å². The van der Waals surface area contributed by atoms with E-state index in [1.54, 1.807) is 24.3 Å². The Hall–Kier alpha value is -1.68. The summed E-state index contributed by atoms with van der Waals surface area (Å²) in [5.41, 5.74) is 0.614. The van der Waals surface area contributed by atoms with Crippen molar-refractivity contribution in [1.29, 1.82) is 0 Å². The second-order valence-corrected chi connectivity index (χ2v) is 7.21. The van der Waals surface area contributed by atoms with Gasteiger partial charge in [-0.15, -0.1) is 0 Å². The normalized spacial score (nSPS) is 17.3. The molecule has 0 amide bonds. The fourth-order valence-corrected chi connectivity index (χ4v) is 3.10. The van der Waals surface area contributed by atoms with Crippen LogP contribution < -0.4 is 4.74 Å². The number of aliphatic hydroxyl groups is 1. The van der Waals surface area contributed by atoms with Crippen LogP contribution in [0.3, 0.4) is 0 Å². The molecule has 1 atom stereocenters. The van der Waals surface area contributed by atoms with Gasteiger partial charge in [0.25, 0.3) is 0 Å². The highest BCUT2D eigenvalue weighted by atomic mass is 19.4. The van der Waals surface area contributed by atoms with E-state index in [0.29, 0.717) is 30.8 Å². The highest BCUT2D eigenvalue weighted by molar-refractivity contribution is 5.94. The Morgan fingerprint density at radius 1 is 1.14 bits per heavy atom. The molecule has 1 saturated heterocycles. The zero-order valence-corrected chi connectivity index (χ0v) is 16.7. The maximum absolute atomic E-state index is 12.0. The van der Waals surface area contributed by atoms with Gasteiger partial charge in [0.1, 0.15) is 25.1 Å². The third kappa shape index (κ3) is 9.58. The predicted octanol–water partition coefficient (Wildman–Crippen LogP) is 2.22. The average molecular weight is 418 g/mol. The SMILES string of the molecule is CC(=O)c1ccc(OCC(O)CN2CCN(CCCOCC(F)(F)F)CC2)cc1. The van der Waals surface area contributed by atoms with Gasteiger partial charge in [-0.3, -0.25) is 9.69 Å². The lowest BCUT2D eigenvalue weighted by Crippen LogP contribution is -2.49. The third-order valence-corrected chi connectivity index (χ3v) is 4.67. The molecule has 164 valence electrons. The molecule has 29 heavy (non-hydrogen) atoms. The molecule has 0 spiro atoms. The van der Waals surface area contributed by atoms with Crippen molar-refractivity contribution < 1.29 is 32.5 Å². The van der Waals surface area contributed by atoms with Crippen LogP contribution in [0.5, 0.6) is 5.75 Å². The first-order valence-corrected chi connectivity index (χ1v) is 9.74. The minimum absolute atomic E-state index is 0.00967. The molecule has 1 heterocycles. The first-order valence-electron chi connectivity index (χ1n) is 9.74. The molecule has 1 aliphatic heterocycles. The number of rotatable bonds is 11. The van der Waals surface area contributed by atoms with E-state index in [9.17, 15) is 23.1 Å². The Morgan fingerprint density at radius 3 is 2.34 bits per heavy atom. The van der Waals surface area contributed by atoms with Gasteiger partial charge >= 0.3 is 6.18 Å². The van der Waals surface area contributed by atoms with Gasteiger partial charge in [0.2, 0.25) is 0 Å². The van der Waals surface area contributed by atoms with Crippen molar-refractivity contribution in [3.05, 3.63) is 29.8 Å². The van der Waals surface area contributed by atoms with E-state index < -0.39 is 18.9 Å². The maximum atomic E-state index is 12.0. The monoisotopic (exact) mass is 418 g/mol. The lowest BCUT2D eigenvalue weighted by molar-refractivity contribution is -0.174. The number of hydrogen-bond acceptors (Lipinski definition) is 6. The topological polar surface area (TPSA) is 62.2 Å². The standard InChI is InChI=1S/C20H29F3N2O4/c1-16(26)17-3-5-19(6-4-17)29-14-18(27)13-25-10-8-24(9-11-25)7-2-12-28-15-20(21,22)23/h3-6,18,27H,2,7-15H2,1H3. The van der Waals surface area contributed by atoms with Crippen molar-refractivity contribution >= 4 is 5.78 Å². The number of benzene rings is 1. The number of alkyl halides is 3. The van der Waals surface area contributed by atoms with Crippen LogP contribution in [0, 0.1) is 0 Å². The van der Waals surface area contributed by atoms with Gasteiger partial charge in [-0.2, -0.15) is 13.2 Å². The van der Waals surface area contributed by atoms with Crippen LogP contribution in [0.15, 0.2) is 24.3 Å². The van der Waals surface area contributed by atoms with Crippen molar-refractivity contribution in [2.45, 2.75) is 25.6 Å². The summed E-state index contributed by atoms with van der Waals surface area (Å²) in [4.78, 5) is 15.6. The first kappa shape index (κ1) is 23.6. The Labute approximate surface area is 169 Å². The quantitative estimate of drug-likeness (QED) is 0.439. The number of hydrogen-bond donors (Lipinski definition) is 1. The molecular formula is C20H29F3N2O4. The molecular weight excluding hydrogens is 389 g/mol. The number of carbonyl (C=O) groups is 1. The summed E-state index contributed by atoms with van der Waals surface area (Å²) in [6.45, 7) is 4.95. The number of piperazine rings is 1. The molecule has 1 aliphatic rings. The number of β-amino-alcohol motifs (C(OH)–C–C–N with tert-alkyl or cyclic N) is 1. The molecule has 1 fully saturated rings. The van der Waals surface area contributed by atoms with Crippen LogP contribution in [-0.2, 0) is 4.74 Å². The van der Waals surface area contributed by atoms with E-state index in [1.807, 2.05) is 0 Å². The summed E-state index contributed by atoms with van der Waals surface area (Å²) in [5.74, 6) is 0.594. The summed E-state index contributed by atoms with van der Waals surface area (Å²) in [6.07, 6.45) is -4.34. The van der Waals surface area contributed by atoms with Crippen LogP contribution in [-0.4, -0.2) is 92.1 Å². The minimum atomic E-state index is -4.27. The Balaban J connectivity index is 1.57. The predicted molar refractivity (Wildman–Crippen MR) is 102 cm³/mol. The number of halogens is 3. The smallest absolute Gasteiger partial charge is 0.411 e. The van der Waals surface area contributed by atoms with Gasteiger partial charge in [-0.1, -0.05) is 0 Å².